The van der Waals surface area contributed by atoms with E-state index in [1.54, 1.807) is 0 Å². The van der Waals surface area contributed by atoms with Gasteiger partial charge < -0.3 is 50.7 Å². The molecule has 2 aliphatic carbocycles. The van der Waals surface area contributed by atoms with E-state index in [0.29, 0.717) is 13.2 Å². The Hall–Kier alpha value is -0.470. The van der Waals surface area contributed by atoms with Crippen molar-refractivity contribution in [1.82, 2.24) is 10.6 Å². The summed E-state index contributed by atoms with van der Waals surface area (Å²) >= 11 is 0. The zero-order valence-corrected chi connectivity index (χ0v) is 26.8. The van der Waals surface area contributed by atoms with Gasteiger partial charge in [0.1, 0.15) is 36.6 Å². The van der Waals surface area contributed by atoms with Gasteiger partial charge in [0.25, 0.3) is 0 Å². The number of aliphatic hydroxyl groups is 6. The predicted molar refractivity (Wildman–Crippen MR) is 171 cm³/mol. The molecule has 4 aliphatic rings. The summed E-state index contributed by atoms with van der Waals surface area (Å²) in [6.45, 7) is 7.44. The second-order valence-corrected chi connectivity index (χ2v) is 12.6. The Balaban J connectivity index is 0.000000375. The normalized spacial score (nSPS) is 36.4. The zero-order chi connectivity index (χ0) is 31.8. The van der Waals surface area contributed by atoms with Crippen molar-refractivity contribution in [3.63, 3.8) is 0 Å². The number of halogens is 1. The number of hydrogen-bond donors (Lipinski definition) is 8. The minimum atomic E-state index is -1.11. The van der Waals surface area contributed by atoms with E-state index in [1.807, 2.05) is 6.92 Å². The summed E-state index contributed by atoms with van der Waals surface area (Å²) in [4.78, 5) is 0. The number of alkyl halides is 1. The predicted octanol–water partition coefficient (Wildman–Crippen LogP) is 2.73. The summed E-state index contributed by atoms with van der Waals surface area (Å²) in [7, 11) is 0. The lowest BCUT2D eigenvalue weighted by molar-refractivity contribution is -0.140. The van der Waals surface area contributed by atoms with Crippen LogP contribution >= 0.6 is 0 Å². The van der Waals surface area contributed by atoms with Gasteiger partial charge in [-0.2, -0.15) is 0 Å². The van der Waals surface area contributed by atoms with Crippen LogP contribution in [-0.2, 0) is 9.47 Å². The van der Waals surface area contributed by atoms with Crippen LogP contribution in [0.4, 0.5) is 4.39 Å². The van der Waals surface area contributed by atoms with E-state index in [0.717, 1.165) is 38.5 Å². The Morgan fingerprint density at radius 3 is 1.11 bits per heavy atom. The summed E-state index contributed by atoms with van der Waals surface area (Å²) in [5.41, 5.74) is 0. The molecule has 2 heterocycles. The quantitative estimate of drug-likeness (QED) is 0.0821. The standard InChI is InChI=1S/2C14H27NO4.C4H9F.CH4/c2*1-2-3-4-5-6-7-8-19-14-10-9(15-10)11(16)12(17)13(14)18;1-2-3-4-5;/h2*9-18H,2-8H2,1H3;2-4H2,1H3;1H4/t9-,10+,11+,12-,13+,14+;9-,10+,11-,12+,13-,14-;;/m00../s1. The number of aliphatic hydroxyl groups excluding tert-OH is 6. The van der Waals surface area contributed by atoms with Crippen LogP contribution in [0, 0.1) is 0 Å². The first-order valence-electron chi connectivity index (χ1n) is 17.1. The third kappa shape index (κ3) is 13.3. The highest BCUT2D eigenvalue weighted by Crippen LogP contribution is 2.33. The molecule has 0 unspecified atom stereocenters. The molecule has 0 aromatic rings. The maximum Gasteiger partial charge on any atom is 0.110 e. The van der Waals surface area contributed by atoms with Gasteiger partial charge in [0, 0.05) is 13.2 Å². The molecule has 12 atom stereocenters. The fraction of sp³-hybridized carbons (Fsp3) is 1.00. The van der Waals surface area contributed by atoms with E-state index in [9.17, 15) is 35.0 Å². The maximum atomic E-state index is 11.0. The van der Waals surface area contributed by atoms with E-state index in [4.69, 9.17) is 9.47 Å². The van der Waals surface area contributed by atoms with Gasteiger partial charge in [-0.25, -0.2) is 0 Å². The molecule has 11 heteroatoms. The van der Waals surface area contributed by atoms with Gasteiger partial charge in [0.2, 0.25) is 0 Å². The van der Waals surface area contributed by atoms with Crippen LogP contribution in [0.25, 0.3) is 0 Å². The van der Waals surface area contributed by atoms with E-state index < -0.39 is 36.6 Å². The van der Waals surface area contributed by atoms with Crippen LogP contribution in [-0.4, -0.2) is 124 Å². The highest BCUT2D eigenvalue weighted by atomic mass is 19.1. The first-order valence-corrected chi connectivity index (χ1v) is 17.1. The van der Waals surface area contributed by atoms with E-state index in [2.05, 4.69) is 24.5 Å². The molecule has 2 saturated heterocycles. The molecule has 0 radical (unpaired) electrons. The average Bonchev–Trinajstić information content (AvgIpc) is 3.93. The number of hydrogen-bond acceptors (Lipinski definition) is 10. The fourth-order valence-corrected chi connectivity index (χ4v) is 5.94. The molecular formula is C33H67FN2O8. The van der Waals surface area contributed by atoms with Gasteiger partial charge in [-0.15, -0.1) is 0 Å². The van der Waals surface area contributed by atoms with Crippen molar-refractivity contribution in [3.05, 3.63) is 0 Å². The second-order valence-electron chi connectivity index (χ2n) is 12.6. The van der Waals surface area contributed by atoms with Crippen molar-refractivity contribution < 1.29 is 44.5 Å². The first-order chi connectivity index (χ1) is 20.7. The molecule has 0 bridgehead atoms. The molecule has 0 aromatic carbocycles. The molecule has 4 rings (SSSR count). The molecular weight excluding hydrogens is 571 g/mol. The smallest absolute Gasteiger partial charge is 0.110 e. The summed E-state index contributed by atoms with van der Waals surface area (Å²) in [5, 5.41) is 64.6. The topological polar surface area (TPSA) is 184 Å². The largest absolute Gasteiger partial charge is 0.389 e. The molecule has 264 valence electrons. The van der Waals surface area contributed by atoms with Gasteiger partial charge >= 0.3 is 0 Å². The number of fused-ring (bicyclic) bond motifs is 2. The Labute approximate surface area is 266 Å². The fourth-order valence-electron chi connectivity index (χ4n) is 5.94. The van der Waals surface area contributed by atoms with Crippen LogP contribution in [0.2, 0.25) is 0 Å². The van der Waals surface area contributed by atoms with Crippen LogP contribution in [0.15, 0.2) is 0 Å². The lowest BCUT2D eigenvalue weighted by atomic mass is 9.89. The van der Waals surface area contributed by atoms with Crippen molar-refractivity contribution in [2.24, 2.45) is 0 Å². The minimum Gasteiger partial charge on any atom is -0.389 e. The SMILES string of the molecule is C.CCCCCCCCO[C@@H]1[C@@H](O)[C@H](O)[C@@H](O)[C@H]2N[C@H]21.CCCCCCCCO[C@H]1[C@H](O)[C@@H](O)[C@H](O)[C@H]2N[C@H]21.CCCCF. The van der Waals surface area contributed by atoms with Crippen molar-refractivity contribution in [3.8, 4) is 0 Å². The lowest BCUT2D eigenvalue weighted by Crippen LogP contribution is -2.54. The molecule has 2 saturated carbocycles. The van der Waals surface area contributed by atoms with Gasteiger partial charge in [-0.05, 0) is 19.3 Å². The van der Waals surface area contributed by atoms with Crippen molar-refractivity contribution in [2.75, 3.05) is 19.9 Å². The van der Waals surface area contributed by atoms with Gasteiger partial charge in [0.05, 0.1) is 43.0 Å². The van der Waals surface area contributed by atoms with E-state index in [-0.39, 0.29) is 50.5 Å². The highest BCUT2D eigenvalue weighted by molar-refractivity contribution is 5.17. The Kier molecular flexibility index (Phi) is 21.7. The summed E-state index contributed by atoms with van der Waals surface area (Å²) < 4.78 is 22.4. The third-order valence-electron chi connectivity index (χ3n) is 8.95. The molecule has 10 nitrogen and oxygen atoms in total. The van der Waals surface area contributed by atoms with Crippen molar-refractivity contribution in [2.45, 2.75) is 191 Å². The van der Waals surface area contributed by atoms with E-state index >= 15 is 0 Å². The van der Waals surface area contributed by atoms with Gasteiger partial charge in [-0.3, -0.25) is 4.39 Å². The third-order valence-corrected chi connectivity index (χ3v) is 8.95. The summed E-state index contributed by atoms with van der Waals surface area (Å²) in [5.74, 6) is 0. The number of rotatable bonds is 18. The molecule has 44 heavy (non-hydrogen) atoms. The number of ether oxygens (including phenoxy) is 2. The Bertz CT molecular complexity index is 657. The second kappa shape index (κ2) is 23.0. The van der Waals surface area contributed by atoms with Crippen LogP contribution in [0.1, 0.15) is 118 Å². The van der Waals surface area contributed by atoms with Crippen molar-refractivity contribution in [1.29, 1.82) is 0 Å². The number of nitrogens with one attached hydrogen (secondary N) is 2. The molecule has 2 aliphatic heterocycles. The van der Waals surface area contributed by atoms with E-state index in [1.165, 1.54) is 51.4 Å². The van der Waals surface area contributed by atoms with Crippen LogP contribution in [0.5, 0.6) is 0 Å². The molecule has 4 fully saturated rings. The Morgan fingerprint density at radius 2 is 0.795 bits per heavy atom. The lowest BCUT2D eigenvalue weighted by Gasteiger charge is -2.33. The summed E-state index contributed by atoms with van der Waals surface area (Å²) in [6.07, 6.45) is 9.33. The Morgan fingerprint density at radius 1 is 0.455 bits per heavy atom. The minimum absolute atomic E-state index is 0. The molecule has 0 spiro atoms. The van der Waals surface area contributed by atoms with Crippen LogP contribution in [0.3, 0.4) is 0 Å². The maximum absolute atomic E-state index is 11.0. The average molecular weight is 639 g/mol. The van der Waals surface area contributed by atoms with Gasteiger partial charge in [0.15, 0.2) is 0 Å². The number of unbranched alkanes of at least 4 members (excludes halogenated alkanes) is 11. The van der Waals surface area contributed by atoms with Crippen molar-refractivity contribution >= 4 is 0 Å². The molecule has 0 aromatic heterocycles. The van der Waals surface area contributed by atoms with Crippen LogP contribution < -0.4 is 10.6 Å². The summed E-state index contributed by atoms with van der Waals surface area (Å²) in [6, 6.07) is -0.247. The monoisotopic (exact) mass is 638 g/mol. The van der Waals surface area contributed by atoms with Gasteiger partial charge in [-0.1, -0.05) is 98.8 Å². The zero-order valence-electron chi connectivity index (χ0n) is 26.8. The first kappa shape index (κ1) is 41.6. The molecule has 8 N–H and O–H groups in total. The highest BCUT2D eigenvalue weighted by Gasteiger charge is 2.59. The molecule has 0 amide bonds.